The zero-order valence-corrected chi connectivity index (χ0v) is 12.4. The molecule has 0 spiro atoms. The largest absolute Gasteiger partial charge is 0.369 e. The Hall–Kier alpha value is -1.10. The molecular formula is C13H27N3O2. The summed E-state index contributed by atoms with van der Waals surface area (Å²) in [6, 6.07) is -0.352. The minimum atomic E-state index is -0.658. The average Bonchev–Trinajstić information content (AvgIpc) is 2.25. The molecule has 0 aliphatic heterocycles. The van der Waals surface area contributed by atoms with Crippen LogP contribution < -0.4 is 16.4 Å². The molecule has 0 saturated carbocycles. The third-order valence-electron chi connectivity index (χ3n) is 3.26. The number of carbonyl (C=O) groups is 2. The van der Waals surface area contributed by atoms with Crippen molar-refractivity contribution >= 4 is 11.8 Å². The van der Waals surface area contributed by atoms with Gasteiger partial charge in [-0.3, -0.25) is 9.59 Å². The highest BCUT2D eigenvalue weighted by Gasteiger charge is 2.27. The zero-order valence-electron chi connectivity index (χ0n) is 12.4. The highest BCUT2D eigenvalue weighted by molar-refractivity contribution is 5.82. The first-order chi connectivity index (χ1) is 8.02. The molecule has 0 bridgehead atoms. The number of rotatable bonds is 7. The topological polar surface area (TPSA) is 84.2 Å². The fourth-order valence-corrected chi connectivity index (χ4v) is 1.12. The van der Waals surface area contributed by atoms with Gasteiger partial charge >= 0.3 is 0 Å². The van der Waals surface area contributed by atoms with Crippen LogP contribution in [0.2, 0.25) is 0 Å². The predicted molar refractivity (Wildman–Crippen MR) is 73.0 cm³/mol. The van der Waals surface area contributed by atoms with Gasteiger partial charge in [-0.2, -0.15) is 0 Å². The van der Waals surface area contributed by atoms with E-state index in [2.05, 4.69) is 10.6 Å². The third kappa shape index (κ3) is 5.49. The third-order valence-corrected chi connectivity index (χ3v) is 3.26. The van der Waals surface area contributed by atoms with Gasteiger partial charge in [-0.25, -0.2) is 0 Å². The van der Waals surface area contributed by atoms with E-state index in [1.807, 2.05) is 20.8 Å². The number of amides is 2. The summed E-state index contributed by atoms with van der Waals surface area (Å²) >= 11 is 0. The summed E-state index contributed by atoms with van der Waals surface area (Å²) in [5.41, 5.74) is 4.40. The van der Waals surface area contributed by atoms with Crippen molar-refractivity contribution in [1.29, 1.82) is 0 Å². The number of carbonyl (C=O) groups excluding carboxylic acids is 2. The van der Waals surface area contributed by atoms with Crippen molar-refractivity contribution in [2.24, 2.45) is 11.1 Å². The van der Waals surface area contributed by atoms with Gasteiger partial charge in [-0.05, 0) is 41.0 Å². The molecule has 106 valence electrons. The first-order valence-corrected chi connectivity index (χ1v) is 6.37. The molecule has 5 nitrogen and oxygen atoms in total. The molecule has 4 N–H and O–H groups in total. The summed E-state index contributed by atoms with van der Waals surface area (Å²) in [6.07, 6.45) is 0.859. The molecule has 18 heavy (non-hydrogen) atoms. The Morgan fingerprint density at radius 3 is 2.11 bits per heavy atom. The fourth-order valence-electron chi connectivity index (χ4n) is 1.12. The van der Waals surface area contributed by atoms with Gasteiger partial charge in [0.2, 0.25) is 11.8 Å². The van der Waals surface area contributed by atoms with Crippen molar-refractivity contribution in [3.05, 3.63) is 0 Å². The van der Waals surface area contributed by atoms with E-state index in [1.165, 1.54) is 0 Å². The van der Waals surface area contributed by atoms with Crippen LogP contribution in [-0.4, -0.2) is 29.9 Å². The van der Waals surface area contributed by atoms with Gasteiger partial charge < -0.3 is 16.4 Å². The van der Waals surface area contributed by atoms with Crippen LogP contribution in [-0.2, 0) is 9.59 Å². The molecule has 0 aromatic carbocycles. The first kappa shape index (κ1) is 16.9. The molecule has 0 aromatic heterocycles. The lowest BCUT2D eigenvalue weighted by molar-refractivity contribution is -0.127. The summed E-state index contributed by atoms with van der Waals surface area (Å²) in [6.45, 7) is 11.6. The van der Waals surface area contributed by atoms with Crippen molar-refractivity contribution < 1.29 is 9.59 Å². The van der Waals surface area contributed by atoms with Crippen molar-refractivity contribution in [2.45, 2.75) is 59.5 Å². The molecule has 0 fully saturated rings. The van der Waals surface area contributed by atoms with E-state index in [0.717, 1.165) is 6.42 Å². The summed E-state index contributed by atoms with van der Waals surface area (Å²) in [5.74, 6) is -0.446. The van der Waals surface area contributed by atoms with Crippen LogP contribution >= 0.6 is 0 Å². The van der Waals surface area contributed by atoms with Crippen molar-refractivity contribution in [3.63, 3.8) is 0 Å². The van der Waals surface area contributed by atoms with Crippen LogP contribution in [0.3, 0.4) is 0 Å². The fraction of sp³-hybridized carbons (Fsp3) is 0.846. The lowest BCUT2D eigenvalue weighted by Crippen LogP contribution is -2.53. The molecule has 2 amide bonds. The van der Waals surface area contributed by atoms with Crippen LogP contribution in [0.4, 0.5) is 0 Å². The molecule has 0 aromatic rings. The molecule has 0 rings (SSSR count). The maximum absolute atomic E-state index is 11.9. The summed E-state index contributed by atoms with van der Waals surface area (Å²) in [5, 5.41) is 5.99. The van der Waals surface area contributed by atoms with Crippen molar-refractivity contribution in [1.82, 2.24) is 10.6 Å². The van der Waals surface area contributed by atoms with Gasteiger partial charge in [0.15, 0.2) is 0 Å². The Bertz CT molecular complexity index is 311. The van der Waals surface area contributed by atoms with Gasteiger partial charge in [-0.1, -0.05) is 6.92 Å². The Labute approximate surface area is 110 Å². The first-order valence-electron chi connectivity index (χ1n) is 6.37. The number of hydrogen-bond donors (Lipinski definition) is 3. The molecule has 1 atom stereocenters. The highest BCUT2D eigenvalue weighted by Crippen LogP contribution is 2.12. The van der Waals surface area contributed by atoms with Crippen LogP contribution in [0.1, 0.15) is 48.0 Å². The van der Waals surface area contributed by atoms with Crippen molar-refractivity contribution in [2.75, 3.05) is 6.54 Å². The lowest BCUT2D eigenvalue weighted by Gasteiger charge is -2.28. The smallest absolute Gasteiger partial charge is 0.237 e. The minimum Gasteiger partial charge on any atom is -0.369 e. The van der Waals surface area contributed by atoms with E-state index in [9.17, 15) is 9.59 Å². The monoisotopic (exact) mass is 257 g/mol. The highest BCUT2D eigenvalue weighted by atomic mass is 16.2. The maximum atomic E-state index is 11.9. The zero-order chi connectivity index (χ0) is 14.6. The van der Waals surface area contributed by atoms with E-state index >= 15 is 0 Å². The molecule has 0 heterocycles. The second-order valence-electron chi connectivity index (χ2n) is 6.08. The maximum Gasteiger partial charge on any atom is 0.237 e. The van der Waals surface area contributed by atoms with Crippen LogP contribution in [0.15, 0.2) is 0 Å². The molecule has 0 aliphatic rings. The number of hydrogen-bond acceptors (Lipinski definition) is 3. The molecule has 0 saturated heterocycles. The van der Waals surface area contributed by atoms with Crippen LogP contribution in [0.25, 0.3) is 0 Å². The Morgan fingerprint density at radius 2 is 1.72 bits per heavy atom. The second kappa shape index (κ2) is 6.18. The second-order valence-corrected chi connectivity index (χ2v) is 6.08. The molecule has 0 aliphatic carbocycles. The average molecular weight is 257 g/mol. The standard InChI is InChI=1S/C13H27N3O2/c1-7-13(5,6)16-10(17)9(2)15-8-12(3,4)11(14)18/h9,15H,7-8H2,1-6H3,(H2,14,18)(H,16,17). The number of nitrogens with one attached hydrogen (secondary N) is 2. The van der Waals surface area contributed by atoms with Gasteiger partial charge in [0.25, 0.3) is 0 Å². The van der Waals surface area contributed by atoms with Crippen molar-refractivity contribution in [3.8, 4) is 0 Å². The minimum absolute atomic E-state index is 0.0675. The molecular weight excluding hydrogens is 230 g/mol. The van der Waals surface area contributed by atoms with E-state index < -0.39 is 5.41 Å². The summed E-state index contributed by atoms with van der Waals surface area (Å²) in [4.78, 5) is 23.1. The molecule has 0 radical (unpaired) electrons. The number of nitrogens with two attached hydrogens (primary N) is 1. The van der Waals surface area contributed by atoms with Gasteiger partial charge in [-0.15, -0.1) is 0 Å². The van der Waals surface area contributed by atoms with E-state index in [1.54, 1.807) is 20.8 Å². The van der Waals surface area contributed by atoms with Crippen LogP contribution in [0, 0.1) is 5.41 Å². The van der Waals surface area contributed by atoms with Gasteiger partial charge in [0, 0.05) is 12.1 Å². The summed E-state index contributed by atoms with van der Waals surface area (Å²) in [7, 11) is 0. The normalized spacial score (nSPS) is 14.1. The molecule has 1 unspecified atom stereocenters. The van der Waals surface area contributed by atoms with Gasteiger partial charge in [0.1, 0.15) is 0 Å². The quantitative estimate of drug-likeness (QED) is 0.630. The Morgan fingerprint density at radius 1 is 1.22 bits per heavy atom. The predicted octanol–water partition coefficient (Wildman–Crippen LogP) is 0.781. The van der Waals surface area contributed by atoms with Crippen LogP contribution in [0.5, 0.6) is 0 Å². The number of primary amides is 1. The Kier molecular flexibility index (Phi) is 5.80. The van der Waals surface area contributed by atoms with E-state index in [4.69, 9.17) is 5.73 Å². The van der Waals surface area contributed by atoms with E-state index in [-0.39, 0.29) is 23.4 Å². The summed E-state index contributed by atoms with van der Waals surface area (Å²) < 4.78 is 0. The lowest BCUT2D eigenvalue weighted by atomic mass is 9.92. The van der Waals surface area contributed by atoms with E-state index in [0.29, 0.717) is 6.54 Å². The SMILES string of the molecule is CCC(C)(C)NC(=O)C(C)NCC(C)(C)C(N)=O. The Balaban J connectivity index is 4.30. The molecule has 5 heteroatoms. The van der Waals surface area contributed by atoms with Gasteiger partial charge in [0.05, 0.1) is 11.5 Å².